The lowest BCUT2D eigenvalue weighted by Gasteiger charge is -2.51. The second-order valence-corrected chi connectivity index (χ2v) is 15.2. The van der Waals surface area contributed by atoms with Gasteiger partial charge in [-0.1, -0.05) is 45.6 Å². The zero-order valence-corrected chi connectivity index (χ0v) is 23.3. The van der Waals surface area contributed by atoms with Crippen LogP contribution in [0.4, 0.5) is 5.69 Å². The number of hydrogen-bond acceptors (Lipinski definition) is 5. The molecule has 7 heteroatoms. The molecule has 0 N–H and O–H groups in total. The SMILES string of the molecule is C=CCOc1c(OC)cccc1[C@@H]1[C@@H]([C@@H](C)O[Si](C)(C)C(C)(C)C)C(=O)N1c1ccc(OC)cc1. The van der Waals surface area contributed by atoms with Gasteiger partial charge in [0.15, 0.2) is 19.8 Å². The molecule has 190 valence electrons. The second-order valence-electron chi connectivity index (χ2n) is 10.4. The fourth-order valence-electron chi connectivity index (χ4n) is 4.27. The molecule has 0 bridgehead atoms. The maximum absolute atomic E-state index is 13.7. The molecule has 1 heterocycles. The molecule has 3 atom stereocenters. The minimum absolute atomic E-state index is 0.0314. The minimum atomic E-state index is -2.10. The highest BCUT2D eigenvalue weighted by Gasteiger charge is 2.54. The first-order chi connectivity index (χ1) is 16.5. The molecule has 1 aliphatic rings. The van der Waals surface area contributed by atoms with Crippen LogP contribution in [0.5, 0.6) is 17.2 Å². The van der Waals surface area contributed by atoms with Crippen LogP contribution in [-0.2, 0) is 9.22 Å². The number of carbonyl (C=O) groups excluding carboxylic acids is 1. The van der Waals surface area contributed by atoms with Crippen molar-refractivity contribution in [2.24, 2.45) is 5.92 Å². The van der Waals surface area contributed by atoms with Crippen LogP contribution in [0.25, 0.3) is 0 Å². The quantitative estimate of drug-likeness (QED) is 0.216. The largest absolute Gasteiger partial charge is 0.497 e. The van der Waals surface area contributed by atoms with Gasteiger partial charge in [-0.25, -0.2) is 0 Å². The van der Waals surface area contributed by atoms with Crippen molar-refractivity contribution in [1.82, 2.24) is 0 Å². The zero-order chi connectivity index (χ0) is 26.0. The van der Waals surface area contributed by atoms with Crippen molar-refractivity contribution in [1.29, 1.82) is 0 Å². The van der Waals surface area contributed by atoms with Crippen LogP contribution in [-0.4, -0.2) is 41.2 Å². The fraction of sp³-hybridized carbons (Fsp3) is 0.464. The van der Waals surface area contributed by atoms with Gasteiger partial charge in [0.25, 0.3) is 0 Å². The monoisotopic (exact) mass is 497 g/mol. The molecule has 6 nitrogen and oxygen atoms in total. The van der Waals surface area contributed by atoms with E-state index in [0.29, 0.717) is 18.1 Å². The molecule has 0 aliphatic carbocycles. The fourth-order valence-corrected chi connectivity index (χ4v) is 5.70. The number of ether oxygens (including phenoxy) is 3. The number of para-hydroxylation sites is 1. The summed E-state index contributed by atoms with van der Waals surface area (Å²) in [6, 6.07) is 13.1. The van der Waals surface area contributed by atoms with Gasteiger partial charge >= 0.3 is 0 Å². The van der Waals surface area contributed by atoms with Crippen LogP contribution >= 0.6 is 0 Å². The van der Waals surface area contributed by atoms with Crippen molar-refractivity contribution in [2.75, 3.05) is 25.7 Å². The summed E-state index contributed by atoms with van der Waals surface area (Å²) < 4.78 is 23.7. The normalized spacial score (nSPS) is 19.1. The lowest BCUT2D eigenvalue weighted by molar-refractivity contribution is -0.134. The first kappa shape index (κ1) is 26.8. The number of anilines is 1. The molecular weight excluding hydrogens is 458 g/mol. The molecule has 2 aromatic rings. The van der Waals surface area contributed by atoms with Gasteiger partial charge in [-0.15, -0.1) is 0 Å². The van der Waals surface area contributed by atoms with E-state index in [9.17, 15) is 4.79 Å². The van der Waals surface area contributed by atoms with Crippen molar-refractivity contribution in [2.45, 2.75) is 58.0 Å². The van der Waals surface area contributed by atoms with Gasteiger partial charge in [0.1, 0.15) is 12.4 Å². The molecule has 2 aromatic carbocycles. The summed E-state index contributed by atoms with van der Waals surface area (Å²) >= 11 is 0. The Morgan fingerprint density at radius 1 is 1.09 bits per heavy atom. The number of carbonyl (C=O) groups is 1. The van der Waals surface area contributed by atoms with Crippen LogP contribution < -0.4 is 19.1 Å². The van der Waals surface area contributed by atoms with Gasteiger partial charge < -0.3 is 23.5 Å². The van der Waals surface area contributed by atoms with E-state index < -0.39 is 8.32 Å². The van der Waals surface area contributed by atoms with E-state index in [-0.39, 0.29) is 29.0 Å². The number of rotatable bonds is 10. The summed E-state index contributed by atoms with van der Waals surface area (Å²) in [5, 5.41) is 0.0351. The summed E-state index contributed by atoms with van der Waals surface area (Å²) in [5.41, 5.74) is 1.69. The summed E-state index contributed by atoms with van der Waals surface area (Å²) in [6.45, 7) is 17.2. The number of methoxy groups -OCH3 is 2. The molecule has 0 saturated carbocycles. The molecule has 0 unspecified atom stereocenters. The third-order valence-electron chi connectivity index (χ3n) is 7.18. The first-order valence-electron chi connectivity index (χ1n) is 12.0. The summed E-state index contributed by atoms with van der Waals surface area (Å²) in [7, 11) is 1.15. The molecule has 35 heavy (non-hydrogen) atoms. The third-order valence-corrected chi connectivity index (χ3v) is 11.8. The van der Waals surface area contributed by atoms with Crippen LogP contribution in [0.15, 0.2) is 55.1 Å². The van der Waals surface area contributed by atoms with E-state index in [0.717, 1.165) is 17.0 Å². The third kappa shape index (κ3) is 5.26. The highest BCUT2D eigenvalue weighted by Crippen LogP contribution is 2.51. The van der Waals surface area contributed by atoms with E-state index in [1.807, 2.05) is 54.3 Å². The zero-order valence-electron chi connectivity index (χ0n) is 22.3. The van der Waals surface area contributed by atoms with Crippen molar-refractivity contribution >= 4 is 19.9 Å². The maximum Gasteiger partial charge on any atom is 0.235 e. The Morgan fingerprint density at radius 2 is 1.74 bits per heavy atom. The van der Waals surface area contributed by atoms with Gasteiger partial charge in [-0.2, -0.15) is 0 Å². The Labute approximate surface area is 211 Å². The van der Waals surface area contributed by atoms with Gasteiger partial charge in [0, 0.05) is 11.3 Å². The Morgan fingerprint density at radius 3 is 2.29 bits per heavy atom. The number of β-lactam (4-membered cyclic amide) rings is 1. The molecule has 1 saturated heterocycles. The highest BCUT2D eigenvalue weighted by molar-refractivity contribution is 6.74. The number of amides is 1. The van der Waals surface area contributed by atoms with Crippen molar-refractivity contribution in [3.05, 3.63) is 60.7 Å². The van der Waals surface area contributed by atoms with E-state index in [1.165, 1.54) is 0 Å². The van der Waals surface area contributed by atoms with Crippen LogP contribution in [0.2, 0.25) is 18.1 Å². The Kier molecular flexibility index (Phi) is 8.02. The number of nitrogens with zero attached hydrogens (tertiary/aromatic N) is 1. The van der Waals surface area contributed by atoms with Crippen LogP contribution in [0, 0.1) is 5.92 Å². The number of hydrogen-bond donors (Lipinski definition) is 0. The van der Waals surface area contributed by atoms with E-state index in [2.05, 4.69) is 40.4 Å². The molecule has 0 spiro atoms. The summed E-state index contributed by atoms with van der Waals surface area (Å²) in [6.07, 6.45) is 1.44. The van der Waals surface area contributed by atoms with Crippen molar-refractivity contribution in [3.8, 4) is 17.2 Å². The molecule has 1 amide bonds. The average Bonchev–Trinajstić information content (AvgIpc) is 2.80. The molecule has 1 aliphatic heterocycles. The number of benzene rings is 2. The molecule has 0 aromatic heterocycles. The highest BCUT2D eigenvalue weighted by atomic mass is 28.4. The van der Waals surface area contributed by atoms with Gasteiger partial charge in [0.05, 0.1) is 32.3 Å². The van der Waals surface area contributed by atoms with Gasteiger partial charge in [-0.05, 0) is 55.4 Å². The topological polar surface area (TPSA) is 57.2 Å². The predicted molar refractivity (Wildman–Crippen MR) is 143 cm³/mol. The maximum atomic E-state index is 13.7. The first-order valence-corrected chi connectivity index (χ1v) is 14.9. The van der Waals surface area contributed by atoms with Gasteiger partial charge in [-0.3, -0.25) is 4.79 Å². The van der Waals surface area contributed by atoms with Crippen molar-refractivity contribution in [3.63, 3.8) is 0 Å². The van der Waals surface area contributed by atoms with E-state index >= 15 is 0 Å². The van der Waals surface area contributed by atoms with Crippen molar-refractivity contribution < 1.29 is 23.4 Å². The average molecular weight is 498 g/mol. The molecular formula is C28H39NO5Si. The molecule has 0 radical (unpaired) electrons. The lowest BCUT2D eigenvalue weighted by Crippen LogP contribution is -2.61. The lowest BCUT2D eigenvalue weighted by atomic mass is 9.78. The Hall–Kier alpha value is -2.77. The Bertz CT molecular complexity index is 1040. The summed E-state index contributed by atoms with van der Waals surface area (Å²) in [4.78, 5) is 15.5. The summed E-state index contributed by atoms with van der Waals surface area (Å²) in [5.74, 6) is 1.65. The predicted octanol–water partition coefficient (Wildman–Crippen LogP) is 6.38. The molecule has 1 fully saturated rings. The van der Waals surface area contributed by atoms with Crippen LogP contribution in [0.3, 0.4) is 0 Å². The van der Waals surface area contributed by atoms with E-state index in [4.69, 9.17) is 18.6 Å². The molecule has 3 rings (SSSR count). The Balaban J connectivity index is 2.08. The minimum Gasteiger partial charge on any atom is -0.497 e. The van der Waals surface area contributed by atoms with Gasteiger partial charge in [0.2, 0.25) is 5.91 Å². The second kappa shape index (κ2) is 10.5. The smallest absolute Gasteiger partial charge is 0.235 e. The standard InChI is InChI=1S/C28H39NO5Si/c1-10-18-33-26-22(12-11-13-23(26)32-7)25-24(19(2)34-35(8,9)28(3,4)5)27(30)29(25)20-14-16-21(31-6)17-15-20/h10-17,19,24-25H,1,18H2,2-9H3/t19-,24-,25-/m1/s1. The van der Waals surface area contributed by atoms with E-state index in [1.54, 1.807) is 20.3 Å². The van der Waals surface area contributed by atoms with Crippen LogP contribution in [0.1, 0.15) is 39.3 Å².